The van der Waals surface area contributed by atoms with Crippen molar-refractivity contribution in [1.82, 2.24) is 10.2 Å². The van der Waals surface area contributed by atoms with Crippen molar-refractivity contribution in [3.05, 3.63) is 59.7 Å². The molecule has 0 unspecified atom stereocenters. The molecule has 1 aliphatic rings. The smallest absolute Gasteiger partial charge is 0.321 e. The van der Waals surface area contributed by atoms with Crippen molar-refractivity contribution >= 4 is 17.6 Å². The summed E-state index contributed by atoms with van der Waals surface area (Å²) in [6.07, 6.45) is 4.13. The van der Waals surface area contributed by atoms with E-state index in [9.17, 15) is 9.59 Å². The van der Waals surface area contributed by atoms with Crippen molar-refractivity contribution < 1.29 is 14.3 Å². The average molecular weight is 424 g/mol. The van der Waals surface area contributed by atoms with Crippen molar-refractivity contribution in [3.8, 4) is 5.75 Å². The summed E-state index contributed by atoms with van der Waals surface area (Å²) < 4.78 is 5.15. The number of ether oxygens (including phenoxy) is 1. The van der Waals surface area contributed by atoms with Gasteiger partial charge >= 0.3 is 6.03 Å². The molecule has 0 radical (unpaired) electrons. The summed E-state index contributed by atoms with van der Waals surface area (Å²) in [5, 5.41) is 6.05. The van der Waals surface area contributed by atoms with Crippen LogP contribution in [0.5, 0.6) is 5.75 Å². The molecule has 0 atom stereocenters. The van der Waals surface area contributed by atoms with E-state index in [1.165, 1.54) is 0 Å². The zero-order valence-electron chi connectivity index (χ0n) is 18.5. The summed E-state index contributed by atoms with van der Waals surface area (Å²) in [6, 6.07) is 15.6. The van der Waals surface area contributed by atoms with E-state index in [1.54, 1.807) is 7.11 Å². The lowest BCUT2D eigenvalue weighted by molar-refractivity contribution is -0.121. The highest BCUT2D eigenvalue weighted by Gasteiger charge is 2.23. The highest BCUT2D eigenvalue weighted by Crippen LogP contribution is 2.21. The molecule has 1 fully saturated rings. The Hall–Kier alpha value is -3.02. The third-order valence-electron chi connectivity index (χ3n) is 5.96. The second-order valence-electron chi connectivity index (χ2n) is 8.16. The van der Waals surface area contributed by atoms with E-state index in [1.807, 2.05) is 60.4 Å². The van der Waals surface area contributed by atoms with Crippen LogP contribution in [0, 0.1) is 12.8 Å². The molecule has 2 aromatic rings. The normalized spacial score (nSPS) is 14.2. The number of nitrogens with zero attached hydrogens (tertiary/aromatic N) is 1. The van der Waals surface area contributed by atoms with E-state index < -0.39 is 0 Å². The second kappa shape index (κ2) is 11.4. The Balaban J connectivity index is 1.30. The second-order valence-corrected chi connectivity index (χ2v) is 8.16. The highest BCUT2D eigenvalue weighted by atomic mass is 16.5. The number of likely N-dealkylation sites (tertiary alicyclic amines) is 1. The molecule has 1 heterocycles. The Morgan fingerprint density at radius 3 is 2.45 bits per heavy atom. The van der Waals surface area contributed by atoms with Crippen molar-refractivity contribution in [2.24, 2.45) is 5.92 Å². The first-order valence-electron chi connectivity index (χ1n) is 11.1. The number of carbonyl (C=O) groups excluding carboxylic acids is 2. The van der Waals surface area contributed by atoms with Gasteiger partial charge in [0, 0.05) is 31.7 Å². The van der Waals surface area contributed by atoms with Crippen LogP contribution in [0.4, 0.5) is 10.5 Å². The number of rotatable bonds is 8. The molecule has 0 bridgehead atoms. The number of hydrogen-bond donors (Lipinski definition) is 2. The fraction of sp³-hybridized carbons (Fsp3) is 0.440. The molecule has 1 saturated heterocycles. The molecule has 166 valence electrons. The number of hydrogen-bond acceptors (Lipinski definition) is 3. The number of nitrogens with one attached hydrogen (secondary N) is 2. The molecule has 1 aliphatic heterocycles. The molecule has 6 heteroatoms. The van der Waals surface area contributed by atoms with Crippen LogP contribution in [0.15, 0.2) is 48.5 Å². The van der Waals surface area contributed by atoms with Crippen LogP contribution in [0.1, 0.15) is 36.8 Å². The molecule has 0 saturated carbocycles. The fourth-order valence-electron chi connectivity index (χ4n) is 3.89. The lowest BCUT2D eigenvalue weighted by Gasteiger charge is -2.32. The predicted octanol–water partition coefficient (Wildman–Crippen LogP) is 4.39. The number of amides is 3. The third-order valence-corrected chi connectivity index (χ3v) is 5.96. The maximum atomic E-state index is 12.5. The molecule has 0 spiro atoms. The van der Waals surface area contributed by atoms with E-state index in [0.717, 1.165) is 61.3 Å². The molecule has 31 heavy (non-hydrogen) atoms. The van der Waals surface area contributed by atoms with Gasteiger partial charge in [-0.1, -0.05) is 30.3 Å². The van der Waals surface area contributed by atoms with Gasteiger partial charge in [-0.15, -0.1) is 0 Å². The van der Waals surface area contributed by atoms with Crippen LogP contribution in [0.2, 0.25) is 0 Å². The first-order chi connectivity index (χ1) is 15.0. The molecular weight excluding hydrogens is 390 g/mol. The fourth-order valence-corrected chi connectivity index (χ4v) is 3.89. The number of para-hydroxylation sites is 1. The van der Waals surface area contributed by atoms with Gasteiger partial charge in [-0.3, -0.25) is 4.79 Å². The van der Waals surface area contributed by atoms with Gasteiger partial charge < -0.3 is 20.3 Å². The van der Waals surface area contributed by atoms with Crippen LogP contribution in [-0.4, -0.2) is 43.6 Å². The van der Waals surface area contributed by atoms with Crippen molar-refractivity contribution in [3.63, 3.8) is 0 Å². The zero-order valence-corrected chi connectivity index (χ0v) is 18.5. The van der Waals surface area contributed by atoms with Gasteiger partial charge in [0.15, 0.2) is 0 Å². The molecule has 0 aromatic heterocycles. The molecule has 0 aliphatic carbocycles. The number of urea groups is 1. The lowest BCUT2D eigenvalue weighted by atomic mass is 9.93. The van der Waals surface area contributed by atoms with Crippen LogP contribution in [0.3, 0.4) is 0 Å². The maximum absolute atomic E-state index is 12.5. The Morgan fingerprint density at radius 1 is 1.06 bits per heavy atom. The van der Waals surface area contributed by atoms with E-state index in [-0.39, 0.29) is 11.9 Å². The molecule has 3 amide bonds. The summed E-state index contributed by atoms with van der Waals surface area (Å²) >= 11 is 0. The Kier molecular flexibility index (Phi) is 8.33. The molecule has 2 aromatic carbocycles. The summed E-state index contributed by atoms with van der Waals surface area (Å²) in [4.78, 5) is 26.5. The van der Waals surface area contributed by atoms with Crippen molar-refractivity contribution in [1.29, 1.82) is 0 Å². The van der Waals surface area contributed by atoms with Crippen molar-refractivity contribution in [2.75, 3.05) is 32.1 Å². The molecule has 6 nitrogen and oxygen atoms in total. The molecule has 2 N–H and O–H groups in total. The standard InChI is InChI=1S/C25H33N3O3/c1-19-5-3-4-6-23(19)27-25(30)28-17-14-21(15-18-28)13-16-26-24(29)12-9-20-7-10-22(31-2)11-8-20/h3-8,10-11,21H,9,12-18H2,1-2H3,(H,26,29)(H,27,30). The SMILES string of the molecule is COc1ccc(CCC(=O)NCCC2CCN(C(=O)Nc3ccccc3C)CC2)cc1. The van der Waals surface area contributed by atoms with E-state index in [0.29, 0.717) is 18.9 Å². The molecular formula is C25H33N3O3. The van der Waals surface area contributed by atoms with Gasteiger partial charge in [0.1, 0.15) is 5.75 Å². The van der Waals surface area contributed by atoms with Crippen LogP contribution >= 0.6 is 0 Å². The minimum atomic E-state index is -0.0282. The van der Waals surface area contributed by atoms with Gasteiger partial charge in [-0.25, -0.2) is 4.79 Å². The Bertz CT molecular complexity index is 859. The monoisotopic (exact) mass is 423 g/mol. The quantitative estimate of drug-likeness (QED) is 0.662. The number of piperidine rings is 1. The lowest BCUT2D eigenvalue weighted by Crippen LogP contribution is -2.41. The Morgan fingerprint density at radius 2 is 1.77 bits per heavy atom. The van der Waals surface area contributed by atoms with Gasteiger partial charge in [0.05, 0.1) is 7.11 Å². The largest absolute Gasteiger partial charge is 0.497 e. The number of benzene rings is 2. The number of anilines is 1. The van der Waals surface area contributed by atoms with Gasteiger partial charge in [0.2, 0.25) is 5.91 Å². The minimum absolute atomic E-state index is 0.0282. The van der Waals surface area contributed by atoms with E-state index in [2.05, 4.69) is 10.6 Å². The summed E-state index contributed by atoms with van der Waals surface area (Å²) in [5.41, 5.74) is 3.06. The van der Waals surface area contributed by atoms with Crippen LogP contribution in [0.25, 0.3) is 0 Å². The average Bonchev–Trinajstić information content (AvgIpc) is 2.80. The van der Waals surface area contributed by atoms with E-state index in [4.69, 9.17) is 4.74 Å². The van der Waals surface area contributed by atoms with Gasteiger partial charge in [-0.2, -0.15) is 0 Å². The summed E-state index contributed by atoms with van der Waals surface area (Å²) in [7, 11) is 1.65. The third kappa shape index (κ3) is 7.02. The number of carbonyl (C=O) groups is 2. The first kappa shape index (κ1) is 22.7. The Labute approximate surface area is 185 Å². The zero-order chi connectivity index (χ0) is 22.1. The minimum Gasteiger partial charge on any atom is -0.497 e. The summed E-state index contributed by atoms with van der Waals surface area (Å²) in [5.74, 6) is 1.46. The van der Waals surface area contributed by atoms with Crippen LogP contribution < -0.4 is 15.4 Å². The van der Waals surface area contributed by atoms with Gasteiger partial charge in [0.25, 0.3) is 0 Å². The summed E-state index contributed by atoms with van der Waals surface area (Å²) in [6.45, 7) is 4.20. The topological polar surface area (TPSA) is 70.7 Å². The first-order valence-corrected chi connectivity index (χ1v) is 11.1. The number of methoxy groups -OCH3 is 1. The highest BCUT2D eigenvalue weighted by molar-refractivity contribution is 5.90. The van der Waals surface area contributed by atoms with E-state index >= 15 is 0 Å². The maximum Gasteiger partial charge on any atom is 0.321 e. The predicted molar refractivity (Wildman–Crippen MR) is 123 cm³/mol. The van der Waals surface area contributed by atoms with Gasteiger partial charge in [-0.05, 0) is 67.9 Å². The van der Waals surface area contributed by atoms with Crippen LogP contribution in [-0.2, 0) is 11.2 Å². The van der Waals surface area contributed by atoms with Crippen molar-refractivity contribution in [2.45, 2.75) is 39.0 Å². The number of aryl methyl sites for hydroxylation is 2. The molecule has 3 rings (SSSR count).